The topological polar surface area (TPSA) is 60.7 Å². The van der Waals surface area contributed by atoms with Crippen molar-refractivity contribution in [2.75, 3.05) is 6.16 Å². The van der Waals surface area contributed by atoms with Gasteiger partial charge in [-0.25, -0.2) is 0 Å². The summed E-state index contributed by atoms with van der Waals surface area (Å²) in [6, 6.07) is 0. The molecule has 0 fully saturated rings. The maximum atomic E-state index is 8.74. The van der Waals surface area contributed by atoms with Crippen molar-refractivity contribution < 1.29 is 29.6 Å². The van der Waals surface area contributed by atoms with Crippen LogP contribution in [0.4, 0.5) is 0 Å². The Labute approximate surface area is 251 Å². The van der Waals surface area contributed by atoms with Crippen LogP contribution in [-0.4, -0.2) is 20.8 Å². The fraction of sp³-hybridized carbons (Fsp3) is 1.00. The zero-order valence-corrected chi connectivity index (χ0v) is 28.7. The third kappa shape index (κ3) is 45.5. The molecule has 3 nitrogen and oxygen atoms in total. The Kier molecular flexibility index (Phi) is 42.7. The number of hydrogen-bond donors (Lipinski definition) is 3. The normalized spacial score (nSPS) is 11.7. The average molecular weight is 697 g/mol. The van der Waals surface area contributed by atoms with E-state index in [0.717, 1.165) is 19.3 Å². The fourth-order valence-electron chi connectivity index (χ4n) is 4.14. The Morgan fingerprint density at radius 1 is 0.389 bits per heavy atom. The van der Waals surface area contributed by atoms with E-state index in [1.54, 1.807) is 0 Å². The molecule has 0 aromatic carbocycles. The molecule has 0 saturated heterocycles. The molecule has 0 rings (SSSR count). The monoisotopic (exact) mass is 696 g/mol. The molecule has 0 saturated carbocycles. The van der Waals surface area contributed by atoms with E-state index >= 15 is 0 Å². The largest absolute Gasteiger partial charge is 0 e. The van der Waals surface area contributed by atoms with E-state index in [2.05, 4.69) is 35.7 Å². The minimum Gasteiger partial charge on any atom is 0 e. The molecule has 1 radical (unpaired) electrons. The third-order valence-corrected chi connectivity index (χ3v) is 8.86. The SMILES string of the molecule is CCCCCCCCCC[PH](O)(O)O.CCCCCCCCC[CH2][Cu][CH2]CCCCCCCCC.[I]. The Balaban J connectivity index is -0.000000635. The first kappa shape index (κ1) is 42.0. The van der Waals surface area contributed by atoms with Crippen LogP contribution in [0.15, 0.2) is 0 Å². The van der Waals surface area contributed by atoms with Crippen molar-refractivity contribution in [3.8, 4) is 0 Å². The van der Waals surface area contributed by atoms with Crippen LogP contribution in [0.1, 0.15) is 175 Å². The van der Waals surface area contributed by atoms with Crippen LogP contribution in [0.5, 0.6) is 0 Å². The minimum absolute atomic E-state index is 0. The molecular formula is C30H67CuIO3P. The summed E-state index contributed by atoms with van der Waals surface area (Å²) in [5, 5.41) is 2.80. The van der Waals surface area contributed by atoms with Crippen LogP contribution in [0.25, 0.3) is 0 Å². The van der Waals surface area contributed by atoms with Gasteiger partial charge in [-0.3, -0.25) is 0 Å². The van der Waals surface area contributed by atoms with E-state index in [9.17, 15) is 0 Å². The first-order valence-corrected chi connectivity index (χ1v) is 19.0. The van der Waals surface area contributed by atoms with Gasteiger partial charge in [-0.15, -0.1) is 0 Å². The van der Waals surface area contributed by atoms with Crippen molar-refractivity contribution >= 4 is 31.9 Å². The molecule has 0 aromatic heterocycles. The van der Waals surface area contributed by atoms with Crippen LogP contribution < -0.4 is 0 Å². The van der Waals surface area contributed by atoms with Gasteiger partial charge >= 0.3 is 229 Å². The van der Waals surface area contributed by atoms with Gasteiger partial charge in [-0.1, -0.05) is 0 Å². The van der Waals surface area contributed by atoms with Crippen molar-refractivity contribution in [3.05, 3.63) is 0 Å². The summed E-state index contributed by atoms with van der Waals surface area (Å²) in [6.45, 7) is 6.79. The predicted octanol–water partition coefficient (Wildman–Crippen LogP) is 11.7. The van der Waals surface area contributed by atoms with Crippen LogP contribution in [0, 0.1) is 0 Å². The summed E-state index contributed by atoms with van der Waals surface area (Å²) in [5.41, 5.74) is 0. The second-order valence-corrected chi connectivity index (χ2v) is 13.9. The molecule has 0 amide bonds. The summed E-state index contributed by atoms with van der Waals surface area (Å²) in [4.78, 5) is 26.2. The number of unbranched alkanes of at least 4 members (excludes halogenated alkanes) is 21. The summed E-state index contributed by atoms with van der Waals surface area (Å²) < 4.78 is 0. The molecular weight excluding hydrogens is 630 g/mol. The Morgan fingerprint density at radius 3 is 0.917 bits per heavy atom. The molecule has 3 N–H and O–H groups in total. The molecule has 0 spiro atoms. The van der Waals surface area contributed by atoms with Gasteiger partial charge < -0.3 is 0 Å². The van der Waals surface area contributed by atoms with Crippen LogP contribution in [0.3, 0.4) is 0 Å². The molecule has 0 aliphatic rings. The molecule has 36 heavy (non-hydrogen) atoms. The smallest absolute Gasteiger partial charge is 0 e. The minimum atomic E-state index is -3.74. The average Bonchev–Trinajstić information content (AvgIpc) is 2.82. The van der Waals surface area contributed by atoms with Gasteiger partial charge in [0.1, 0.15) is 0 Å². The van der Waals surface area contributed by atoms with Gasteiger partial charge in [0.15, 0.2) is 0 Å². The molecule has 0 aliphatic carbocycles. The second-order valence-electron chi connectivity index (χ2n) is 10.4. The number of rotatable bonds is 27. The summed E-state index contributed by atoms with van der Waals surface area (Å²) in [6.07, 6.45) is 32.7. The molecule has 0 aromatic rings. The van der Waals surface area contributed by atoms with Crippen LogP contribution in [0.2, 0.25) is 10.6 Å². The van der Waals surface area contributed by atoms with Crippen LogP contribution in [-0.2, 0) is 15.0 Å². The summed E-state index contributed by atoms with van der Waals surface area (Å²) in [5.74, 6) is 0. The number of hydrogen-bond acceptors (Lipinski definition) is 3. The molecule has 0 atom stereocenters. The maximum Gasteiger partial charge on any atom is 0 e. The first-order valence-electron chi connectivity index (χ1n) is 15.6. The third-order valence-electron chi connectivity index (χ3n) is 6.50. The molecule has 228 valence electrons. The van der Waals surface area contributed by atoms with Gasteiger partial charge in [0, 0.05) is 24.0 Å². The van der Waals surface area contributed by atoms with E-state index < -0.39 is 7.94 Å². The van der Waals surface area contributed by atoms with Gasteiger partial charge in [-0.05, 0) is 0 Å². The van der Waals surface area contributed by atoms with E-state index in [0.29, 0.717) is 0 Å². The van der Waals surface area contributed by atoms with Crippen molar-refractivity contribution in [2.24, 2.45) is 0 Å². The standard InChI is InChI=1S/C10H25O3P.2C10H21.Cu.I/c1-2-3-4-5-6-7-8-9-10-14(11,12)13;2*1-3-5-7-9-10-8-6-4-2;;/h11-14H,2-10H2,1H3;2*1,3-10H2,2H3;;. The fourth-order valence-corrected chi connectivity index (χ4v) is 6.04. The van der Waals surface area contributed by atoms with Crippen LogP contribution >= 0.6 is 31.9 Å². The summed E-state index contributed by atoms with van der Waals surface area (Å²) in [7, 11) is -3.74. The van der Waals surface area contributed by atoms with Gasteiger partial charge in [0.25, 0.3) is 0 Å². The molecule has 0 bridgehead atoms. The van der Waals surface area contributed by atoms with E-state index in [4.69, 9.17) is 14.7 Å². The molecule has 0 aliphatic heterocycles. The second kappa shape index (κ2) is 36.6. The predicted molar refractivity (Wildman–Crippen MR) is 171 cm³/mol. The van der Waals surface area contributed by atoms with E-state index in [1.165, 1.54) is 145 Å². The summed E-state index contributed by atoms with van der Waals surface area (Å²) >= 11 is 2.29. The maximum absolute atomic E-state index is 8.74. The Morgan fingerprint density at radius 2 is 0.639 bits per heavy atom. The quantitative estimate of drug-likeness (QED) is 0.0347. The first-order chi connectivity index (χ1) is 17.0. The molecule has 6 heteroatoms. The van der Waals surface area contributed by atoms with Crippen molar-refractivity contribution in [1.82, 2.24) is 0 Å². The van der Waals surface area contributed by atoms with E-state index in [1.807, 2.05) is 0 Å². The van der Waals surface area contributed by atoms with E-state index in [-0.39, 0.29) is 30.1 Å². The van der Waals surface area contributed by atoms with Gasteiger partial charge in [0.05, 0.1) is 0 Å². The number of halogens is 1. The van der Waals surface area contributed by atoms with Gasteiger partial charge in [-0.2, -0.15) is 0 Å². The van der Waals surface area contributed by atoms with Gasteiger partial charge in [0.2, 0.25) is 0 Å². The molecule has 0 unspecified atom stereocenters. The van der Waals surface area contributed by atoms with Crippen molar-refractivity contribution in [2.45, 2.75) is 186 Å². The molecule has 0 heterocycles. The van der Waals surface area contributed by atoms with Crippen molar-refractivity contribution in [3.63, 3.8) is 0 Å². The Hall–Kier alpha value is 1.56. The van der Waals surface area contributed by atoms with Crippen molar-refractivity contribution in [1.29, 1.82) is 0 Å². The zero-order valence-electron chi connectivity index (χ0n) is 24.6. The zero-order chi connectivity index (χ0) is 26.3. The Bertz CT molecular complexity index is 353.